The molecule has 0 radical (unpaired) electrons. The number of hydrogen-bond acceptors (Lipinski definition) is 2. The van der Waals surface area contributed by atoms with Crippen LogP contribution in [0.2, 0.25) is 5.02 Å². The lowest BCUT2D eigenvalue weighted by Crippen LogP contribution is -2.24. The molecule has 1 amide bonds. The fourth-order valence-corrected chi connectivity index (χ4v) is 2.16. The first-order valence-electron chi connectivity index (χ1n) is 7.06. The number of carbonyl (C=O) groups is 1. The maximum absolute atomic E-state index is 12.8. The van der Waals surface area contributed by atoms with Gasteiger partial charge in [0, 0.05) is 30.2 Å². The average Bonchev–Trinajstić information content (AvgIpc) is 2.50. The van der Waals surface area contributed by atoms with E-state index in [1.165, 1.54) is 12.1 Å². The molecular formula is C17H18ClFN2O. The van der Waals surface area contributed by atoms with E-state index in [1.807, 2.05) is 25.1 Å². The molecule has 0 aliphatic heterocycles. The standard InChI is InChI=1S/C17H18ClFN2O/c1-12-2-5-14(18)10-16(12)20-9-8-17(22)21-11-13-3-6-15(19)7-4-13/h2-7,10,20H,8-9,11H2,1H3,(H,21,22). The number of carbonyl (C=O) groups excluding carboxylic acids is 1. The van der Waals surface area contributed by atoms with Gasteiger partial charge in [-0.25, -0.2) is 4.39 Å². The summed E-state index contributed by atoms with van der Waals surface area (Å²) in [6.07, 6.45) is 0.354. The molecule has 0 saturated carbocycles. The predicted molar refractivity (Wildman–Crippen MR) is 87.5 cm³/mol. The topological polar surface area (TPSA) is 41.1 Å². The summed E-state index contributed by atoms with van der Waals surface area (Å²) >= 11 is 5.94. The van der Waals surface area contributed by atoms with Crippen LogP contribution in [0.1, 0.15) is 17.5 Å². The molecule has 2 N–H and O–H groups in total. The van der Waals surface area contributed by atoms with Crippen LogP contribution in [-0.2, 0) is 11.3 Å². The van der Waals surface area contributed by atoms with Gasteiger partial charge < -0.3 is 10.6 Å². The number of benzene rings is 2. The molecule has 2 aromatic rings. The smallest absolute Gasteiger partial charge is 0.222 e. The zero-order chi connectivity index (χ0) is 15.9. The maximum Gasteiger partial charge on any atom is 0.222 e. The van der Waals surface area contributed by atoms with E-state index in [2.05, 4.69) is 10.6 Å². The number of nitrogens with one attached hydrogen (secondary N) is 2. The number of halogens is 2. The quantitative estimate of drug-likeness (QED) is 0.847. The van der Waals surface area contributed by atoms with Crippen LogP contribution in [-0.4, -0.2) is 12.5 Å². The first kappa shape index (κ1) is 16.3. The van der Waals surface area contributed by atoms with Crippen molar-refractivity contribution in [3.05, 3.63) is 64.4 Å². The van der Waals surface area contributed by atoms with Crippen LogP contribution in [0.5, 0.6) is 0 Å². The number of rotatable bonds is 6. The zero-order valence-electron chi connectivity index (χ0n) is 12.3. The van der Waals surface area contributed by atoms with Crippen LogP contribution in [0.25, 0.3) is 0 Å². The fraction of sp³-hybridized carbons (Fsp3) is 0.235. The summed E-state index contributed by atoms with van der Waals surface area (Å²) in [5.41, 5.74) is 2.88. The third-order valence-corrected chi connectivity index (χ3v) is 3.51. The highest BCUT2D eigenvalue weighted by Gasteiger charge is 2.03. The summed E-state index contributed by atoms with van der Waals surface area (Å²) in [6, 6.07) is 11.7. The van der Waals surface area contributed by atoms with Crippen molar-refractivity contribution in [2.45, 2.75) is 19.9 Å². The highest BCUT2D eigenvalue weighted by Crippen LogP contribution is 2.19. The molecule has 0 fully saturated rings. The van der Waals surface area contributed by atoms with Gasteiger partial charge in [-0.1, -0.05) is 29.8 Å². The van der Waals surface area contributed by atoms with Gasteiger partial charge in [0.25, 0.3) is 0 Å². The fourth-order valence-electron chi connectivity index (χ4n) is 1.99. The lowest BCUT2D eigenvalue weighted by Gasteiger charge is -2.10. The monoisotopic (exact) mass is 320 g/mol. The third-order valence-electron chi connectivity index (χ3n) is 3.27. The van der Waals surface area contributed by atoms with Gasteiger partial charge in [-0.2, -0.15) is 0 Å². The van der Waals surface area contributed by atoms with Gasteiger partial charge in [0.1, 0.15) is 5.82 Å². The number of anilines is 1. The van der Waals surface area contributed by atoms with Crippen molar-refractivity contribution in [3.63, 3.8) is 0 Å². The van der Waals surface area contributed by atoms with Gasteiger partial charge in [0.05, 0.1) is 0 Å². The summed E-state index contributed by atoms with van der Waals surface area (Å²) in [6.45, 7) is 2.90. The highest BCUT2D eigenvalue weighted by atomic mass is 35.5. The van der Waals surface area contributed by atoms with E-state index in [4.69, 9.17) is 11.6 Å². The molecule has 22 heavy (non-hydrogen) atoms. The van der Waals surface area contributed by atoms with E-state index < -0.39 is 0 Å². The minimum absolute atomic E-state index is 0.0588. The van der Waals surface area contributed by atoms with Crippen molar-refractivity contribution in [1.82, 2.24) is 5.32 Å². The molecule has 0 atom stereocenters. The number of aryl methyl sites for hydroxylation is 1. The minimum atomic E-state index is -0.281. The first-order valence-corrected chi connectivity index (χ1v) is 7.43. The zero-order valence-corrected chi connectivity index (χ0v) is 13.1. The maximum atomic E-state index is 12.8. The number of amides is 1. The highest BCUT2D eigenvalue weighted by molar-refractivity contribution is 6.30. The minimum Gasteiger partial charge on any atom is -0.384 e. The molecule has 0 saturated heterocycles. The third kappa shape index (κ3) is 5.04. The molecule has 116 valence electrons. The molecule has 2 rings (SSSR count). The lowest BCUT2D eigenvalue weighted by atomic mass is 10.2. The van der Waals surface area contributed by atoms with Gasteiger partial charge in [-0.05, 0) is 42.3 Å². The Bertz CT molecular complexity index is 644. The van der Waals surface area contributed by atoms with Crippen LogP contribution >= 0.6 is 11.6 Å². The Morgan fingerprint density at radius 1 is 1.18 bits per heavy atom. The summed E-state index contributed by atoms with van der Waals surface area (Å²) in [4.78, 5) is 11.8. The molecule has 0 bridgehead atoms. The summed E-state index contributed by atoms with van der Waals surface area (Å²) in [7, 11) is 0. The Morgan fingerprint density at radius 2 is 1.91 bits per heavy atom. The molecule has 0 spiro atoms. The van der Waals surface area contributed by atoms with Crippen LogP contribution in [0.4, 0.5) is 10.1 Å². The van der Waals surface area contributed by atoms with E-state index >= 15 is 0 Å². The van der Waals surface area contributed by atoms with Crippen molar-refractivity contribution in [2.75, 3.05) is 11.9 Å². The Labute approximate surface area is 134 Å². The molecule has 0 aliphatic carbocycles. The Kier molecular flexibility index (Phi) is 5.78. The average molecular weight is 321 g/mol. The van der Waals surface area contributed by atoms with E-state index in [-0.39, 0.29) is 11.7 Å². The van der Waals surface area contributed by atoms with Crippen LogP contribution in [0, 0.1) is 12.7 Å². The Balaban J connectivity index is 1.73. The van der Waals surface area contributed by atoms with E-state index in [0.29, 0.717) is 24.5 Å². The lowest BCUT2D eigenvalue weighted by molar-refractivity contribution is -0.121. The molecular weight excluding hydrogens is 303 g/mol. The van der Waals surface area contributed by atoms with E-state index in [9.17, 15) is 9.18 Å². The molecule has 0 heterocycles. The Hall–Kier alpha value is -2.07. The first-order chi connectivity index (χ1) is 10.5. The van der Waals surface area contributed by atoms with Crippen molar-refractivity contribution in [1.29, 1.82) is 0 Å². The molecule has 2 aromatic carbocycles. The second kappa shape index (κ2) is 7.80. The van der Waals surface area contributed by atoms with Crippen LogP contribution in [0.3, 0.4) is 0 Å². The van der Waals surface area contributed by atoms with Crippen molar-refractivity contribution in [3.8, 4) is 0 Å². The van der Waals surface area contributed by atoms with Crippen molar-refractivity contribution >= 4 is 23.2 Å². The van der Waals surface area contributed by atoms with Crippen molar-refractivity contribution in [2.24, 2.45) is 0 Å². The molecule has 3 nitrogen and oxygen atoms in total. The molecule has 5 heteroatoms. The molecule has 0 unspecified atom stereocenters. The number of hydrogen-bond donors (Lipinski definition) is 2. The van der Waals surface area contributed by atoms with Crippen LogP contribution < -0.4 is 10.6 Å². The van der Waals surface area contributed by atoms with Gasteiger partial charge in [-0.15, -0.1) is 0 Å². The van der Waals surface area contributed by atoms with E-state index in [1.54, 1.807) is 12.1 Å². The summed E-state index contributed by atoms with van der Waals surface area (Å²) in [5, 5.41) is 6.66. The van der Waals surface area contributed by atoms with Gasteiger partial charge in [-0.3, -0.25) is 4.79 Å². The van der Waals surface area contributed by atoms with Gasteiger partial charge in [0.2, 0.25) is 5.91 Å². The largest absolute Gasteiger partial charge is 0.384 e. The molecule has 0 aliphatic rings. The Morgan fingerprint density at radius 3 is 2.64 bits per heavy atom. The van der Waals surface area contributed by atoms with Crippen molar-refractivity contribution < 1.29 is 9.18 Å². The molecule has 0 aromatic heterocycles. The van der Waals surface area contributed by atoms with Gasteiger partial charge >= 0.3 is 0 Å². The normalized spacial score (nSPS) is 10.3. The second-order valence-corrected chi connectivity index (χ2v) is 5.48. The van der Waals surface area contributed by atoms with E-state index in [0.717, 1.165) is 16.8 Å². The van der Waals surface area contributed by atoms with Gasteiger partial charge in [0.15, 0.2) is 0 Å². The summed E-state index contributed by atoms with van der Waals surface area (Å²) in [5.74, 6) is -0.340. The second-order valence-electron chi connectivity index (χ2n) is 5.04. The van der Waals surface area contributed by atoms with Crippen LogP contribution in [0.15, 0.2) is 42.5 Å². The predicted octanol–water partition coefficient (Wildman–Crippen LogP) is 3.91. The SMILES string of the molecule is Cc1ccc(Cl)cc1NCCC(=O)NCc1ccc(F)cc1. The summed E-state index contributed by atoms with van der Waals surface area (Å²) < 4.78 is 12.8.